The Kier molecular flexibility index (Phi) is 9.56. The van der Waals surface area contributed by atoms with E-state index in [-0.39, 0.29) is 25.7 Å². The lowest BCUT2D eigenvalue weighted by atomic mass is 9.96. The molecular formula is C24H28N2O6. The van der Waals surface area contributed by atoms with E-state index < -0.39 is 42.1 Å². The van der Waals surface area contributed by atoms with Gasteiger partial charge in [0.2, 0.25) is 11.8 Å². The number of hydrogen-bond donors (Lipinski definition) is 4. The van der Waals surface area contributed by atoms with Crippen LogP contribution >= 0.6 is 0 Å². The molecule has 0 unspecified atom stereocenters. The number of carboxylic acid groups (broad SMARTS) is 1. The quantitative estimate of drug-likeness (QED) is 0.373. The Morgan fingerprint density at radius 3 is 2.09 bits per heavy atom. The van der Waals surface area contributed by atoms with Crippen LogP contribution in [0.5, 0.6) is 0 Å². The molecule has 2 aromatic carbocycles. The van der Waals surface area contributed by atoms with Crippen molar-refractivity contribution in [2.24, 2.45) is 11.7 Å². The summed E-state index contributed by atoms with van der Waals surface area (Å²) in [6.45, 7) is -0.598. The Morgan fingerprint density at radius 1 is 0.906 bits per heavy atom. The molecule has 0 heterocycles. The Labute approximate surface area is 186 Å². The zero-order valence-electron chi connectivity index (χ0n) is 17.7. The largest absolute Gasteiger partial charge is 0.481 e. The van der Waals surface area contributed by atoms with Crippen molar-refractivity contribution in [3.8, 4) is 11.1 Å². The van der Waals surface area contributed by atoms with Crippen molar-refractivity contribution >= 4 is 23.6 Å². The van der Waals surface area contributed by atoms with E-state index in [1.54, 1.807) is 0 Å². The van der Waals surface area contributed by atoms with Crippen molar-refractivity contribution in [1.29, 1.82) is 0 Å². The molecule has 0 bridgehead atoms. The lowest BCUT2D eigenvalue weighted by Crippen LogP contribution is -2.43. The number of aryl methyl sites for hydroxylation is 1. The van der Waals surface area contributed by atoms with Crippen molar-refractivity contribution in [2.45, 2.75) is 38.1 Å². The minimum absolute atomic E-state index is 0.109. The van der Waals surface area contributed by atoms with E-state index in [4.69, 9.17) is 10.8 Å². The lowest BCUT2D eigenvalue weighted by molar-refractivity contribution is -0.138. The Morgan fingerprint density at radius 2 is 1.53 bits per heavy atom. The number of primary amides is 1. The summed E-state index contributed by atoms with van der Waals surface area (Å²) in [7, 11) is 0. The third-order valence-corrected chi connectivity index (χ3v) is 5.14. The average molecular weight is 440 g/mol. The monoisotopic (exact) mass is 440 g/mol. The number of nitrogens with two attached hydrogens (primary N) is 1. The van der Waals surface area contributed by atoms with Gasteiger partial charge in [0.1, 0.15) is 0 Å². The number of benzene rings is 2. The van der Waals surface area contributed by atoms with Gasteiger partial charge in [0.25, 0.3) is 0 Å². The highest BCUT2D eigenvalue weighted by molar-refractivity contribution is 5.92. The number of carbonyl (C=O) groups is 4. The number of aliphatic hydroxyl groups is 1. The molecule has 170 valence electrons. The molecule has 0 saturated carbocycles. The number of carbonyl (C=O) groups excluding carboxylic acids is 3. The number of ketones is 1. The molecule has 0 aromatic heterocycles. The van der Waals surface area contributed by atoms with E-state index in [0.717, 1.165) is 16.7 Å². The molecule has 0 aliphatic heterocycles. The topological polar surface area (TPSA) is 147 Å². The molecule has 5 N–H and O–H groups in total. The van der Waals surface area contributed by atoms with Crippen molar-refractivity contribution in [3.05, 3.63) is 60.2 Å². The number of carboxylic acids is 1. The van der Waals surface area contributed by atoms with Gasteiger partial charge in [-0.3, -0.25) is 19.2 Å². The van der Waals surface area contributed by atoms with Gasteiger partial charge in [0, 0.05) is 19.3 Å². The smallest absolute Gasteiger partial charge is 0.303 e. The molecule has 8 heteroatoms. The van der Waals surface area contributed by atoms with Crippen LogP contribution in [0.2, 0.25) is 0 Å². The zero-order valence-corrected chi connectivity index (χ0v) is 17.7. The van der Waals surface area contributed by atoms with Gasteiger partial charge in [-0.15, -0.1) is 0 Å². The summed E-state index contributed by atoms with van der Waals surface area (Å²) < 4.78 is 0. The van der Waals surface area contributed by atoms with Crippen molar-refractivity contribution in [3.63, 3.8) is 0 Å². The standard InChI is InChI=1S/C24H28N2O6/c25-24(32)19(15-27)14-21(28)20(11-13-23(30)31)26-22(29)12-8-16-6-9-18(10-7-16)17-4-2-1-3-5-17/h1-7,9-10,19-20,27H,8,11-15H2,(H2,25,32)(H,26,29)(H,30,31)/t19-,20-/m0/s1. The summed E-state index contributed by atoms with van der Waals surface area (Å²) in [5.41, 5.74) is 8.25. The summed E-state index contributed by atoms with van der Waals surface area (Å²) in [6.07, 6.45) is -0.236. The first-order valence-corrected chi connectivity index (χ1v) is 10.4. The molecule has 0 saturated heterocycles. The van der Waals surface area contributed by atoms with Crippen molar-refractivity contribution in [2.75, 3.05) is 6.61 Å². The van der Waals surface area contributed by atoms with Crippen LogP contribution in [-0.4, -0.2) is 46.4 Å². The summed E-state index contributed by atoms with van der Waals surface area (Å²) in [6, 6.07) is 16.6. The van der Waals surface area contributed by atoms with Crippen molar-refractivity contribution < 1.29 is 29.4 Å². The maximum atomic E-state index is 12.5. The maximum absolute atomic E-state index is 12.5. The van der Waals surface area contributed by atoms with E-state index in [1.165, 1.54) is 0 Å². The highest BCUT2D eigenvalue weighted by Gasteiger charge is 2.26. The molecule has 2 aromatic rings. The highest BCUT2D eigenvalue weighted by atomic mass is 16.4. The van der Waals surface area contributed by atoms with Crippen LogP contribution in [0.3, 0.4) is 0 Å². The third kappa shape index (κ3) is 7.96. The molecule has 2 rings (SSSR count). The fourth-order valence-corrected chi connectivity index (χ4v) is 3.24. The molecule has 0 aliphatic rings. The van der Waals surface area contributed by atoms with E-state index >= 15 is 0 Å². The van der Waals surface area contributed by atoms with Gasteiger partial charge in [-0.2, -0.15) is 0 Å². The zero-order chi connectivity index (χ0) is 23.5. The number of aliphatic hydroxyl groups excluding tert-OH is 1. The number of rotatable bonds is 13. The van der Waals surface area contributed by atoms with Crippen LogP contribution in [-0.2, 0) is 25.6 Å². The predicted molar refractivity (Wildman–Crippen MR) is 118 cm³/mol. The number of hydrogen-bond acceptors (Lipinski definition) is 5. The molecule has 8 nitrogen and oxygen atoms in total. The SMILES string of the molecule is NC(=O)[C@H](CO)CC(=O)[C@H](CCC(=O)O)NC(=O)CCc1ccc(-c2ccccc2)cc1. The number of aliphatic carboxylic acids is 1. The molecule has 0 aliphatic carbocycles. The predicted octanol–water partition coefficient (Wildman–Crippen LogP) is 1.69. The third-order valence-electron chi connectivity index (χ3n) is 5.14. The Bertz CT molecular complexity index is 927. The normalized spacial score (nSPS) is 12.5. The average Bonchev–Trinajstić information content (AvgIpc) is 2.79. The number of nitrogens with one attached hydrogen (secondary N) is 1. The summed E-state index contributed by atoms with van der Waals surface area (Å²) in [5.74, 6) is -3.95. The van der Waals surface area contributed by atoms with Gasteiger partial charge in [-0.05, 0) is 29.5 Å². The Hall–Kier alpha value is -3.52. The minimum Gasteiger partial charge on any atom is -0.481 e. The summed E-state index contributed by atoms with van der Waals surface area (Å²) >= 11 is 0. The summed E-state index contributed by atoms with van der Waals surface area (Å²) in [5, 5.41) is 20.7. The highest BCUT2D eigenvalue weighted by Crippen LogP contribution is 2.19. The molecule has 32 heavy (non-hydrogen) atoms. The van der Waals surface area contributed by atoms with Gasteiger partial charge >= 0.3 is 5.97 Å². The lowest BCUT2D eigenvalue weighted by Gasteiger charge is -2.19. The van der Waals surface area contributed by atoms with E-state index in [0.29, 0.717) is 6.42 Å². The molecule has 2 amide bonds. The molecule has 0 radical (unpaired) electrons. The van der Waals surface area contributed by atoms with Gasteiger partial charge < -0.3 is 21.3 Å². The first kappa shape index (κ1) is 24.7. The first-order chi connectivity index (χ1) is 15.3. The molecule has 2 atom stereocenters. The van der Waals surface area contributed by atoms with Crippen LogP contribution in [0.25, 0.3) is 11.1 Å². The number of amides is 2. The molecule has 0 fully saturated rings. The summed E-state index contributed by atoms with van der Waals surface area (Å²) in [4.78, 5) is 47.1. The van der Waals surface area contributed by atoms with E-state index in [9.17, 15) is 24.3 Å². The molecule has 0 spiro atoms. The van der Waals surface area contributed by atoms with Crippen LogP contribution < -0.4 is 11.1 Å². The van der Waals surface area contributed by atoms with Gasteiger partial charge in [-0.25, -0.2) is 0 Å². The van der Waals surface area contributed by atoms with Crippen LogP contribution in [0, 0.1) is 5.92 Å². The Balaban J connectivity index is 1.94. The fraction of sp³-hybridized carbons (Fsp3) is 0.333. The minimum atomic E-state index is -1.11. The second-order valence-electron chi connectivity index (χ2n) is 7.57. The van der Waals surface area contributed by atoms with Crippen LogP contribution in [0.15, 0.2) is 54.6 Å². The van der Waals surface area contributed by atoms with Gasteiger partial charge in [0.15, 0.2) is 5.78 Å². The maximum Gasteiger partial charge on any atom is 0.303 e. The fourth-order valence-electron chi connectivity index (χ4n) is 3.24. The van der Waals surface area contributed by atoms with Crippen molar-refractivity contribution in [1.82, 2.24) is 5.32 Å². The van der Waals surface area contributed by atoms with Crippen LogP contribution in [0.4, 0.5) is 0 Å². The number of Topliss-reactive ketones (excluding diaryl/α,β-unsaturated/α-hetero) is 1. The van der Waals surface area contributed by atoms with E-state index in [2.05, 4.69) is 5.32 Å². The molecular weight excluding hydrogens is 412 g/mol. The van der Waals surface area contributed by atoms with Crippen LogP contribution in [0.1, 0.15) is 31.2 Å². The van der Waals surface area contributed by atoms with Gasteiger partial charge in [0.05, 0.1) is 18.6 Å². The van der Waals surface area contributed by atoms with Gasteiger partial charge in [-0.1, -0.05) is 54.6 Å². The second kappa shape index (κ2) is 12.4. The van der Waals surface area contributed by atoms with E-state index in [1.807, 2.05) is 54.6 Å². The first-order valence-electron chi connectivity index (χ1n) is 10.4. The second-order valence-corrected chi connectivity index (χ2v) is 7.57.